The summed E-state index contributed by atoms with van der Waals surface area (Å²) >= 11 is 0. The van der Waals surface area contributed by atoms with Crippen LogP contribution in [0.25, 0.3) is 0 Å². The number of rotatable bonds is 6. The Hall–Kier alpha value is -1.55. The summed E-state index contributed by atoms with van der Waals surface area (Å²) in [6.45, 7) is 7.28. The fourth-order valence-corrected chi connectivity index (χ4v) is 3.03. The van der Waals surface area contributed by atoms with Crippen molar-refractivity contribution in [3.63, 3.8) is 0 Å². The summed E-state index contributed by atoms with van der Waals surface area (Å²) in [5, 5.41) is 3.08. The Morgan fingerprint density at radius 1 is 1.32 bits per heavy atom. The van der Waals surface area contributed by atoms with Gasteiger partial charge in [0, 0.05) is 6.54 Å². The number of hydrogen-bond donors (Lipinski definition) is 2. The van der Waals surface area contributed by atoms with Gasteiger partial charge in [-0.3, -0.25) is 4.79 Å². The summed E-state index contributed by atoms with van der Waals surface area (Å²) in [5.41, 5.74) is 1.22. The number of quaternary nitrogens is 1. The van der Waals surface area contributed by atoms with Crippen molar-refractivity contribution in [2.45, 2.75) is 39.2 Å². The van der Waals surface area contributed by atoms with Crippen LogP contribution in [0.3, 0.4) is 0 Å². The lowest BCUT2D eigenvalue weighted by Gasteiger charge is -2.31. The maximum Gasteiger partial charge on any atom is 0.278 e. The van der Waals surface area contributed by atoms with Gasteiger partial charge in [-0.15, -0.1) is 0 Å². The van der Waals surface area contributed by atoms with Gasteiger partial charge >= 0.3 is 0 Å². The third-order valence-electron chi connectivity index (χ3n) is 4.79. The minimum atomic E-state index is 0.0587. The summed E-state index contributed by atoms with van der Waals surface area (Å²) in [4.78, 5) is 13.7. The topological polar surface area (TPSA) is 42.8 Å². The van der Waals surface area contributed by atoms with E-state index in [4.69, 9.17) is 4.74 Å². The second-order valence-electron chi connectivity index (χ2n) is 6.45. The molecule has 22 heavy (non-hydrogen) atoms. The molecule has 1 heterocycles. The Balaban J connectivity index is 1.72. The van der Waals surface area contributed by atoms with Crippen LogP contribution in [0.1, 0.15) is 32.3 Å². The average Bonchev–Trinajstić information content (AvgIpc) is 2.55. The summed E-state index contributed by atoms with van der Waals surface area (Å²) < 4.78 is 5.15. The van der Waals surface area contributed by atoms with Crippen molar-refractivity contribution in [2.24, 2.45) is 5.92 Å². The van der Waals surface area contributed by atoms with Gasteiger partial charge in [0.2, 0.25) is 0 Å². The standard InChI is InChI=1S/C18H28N2O2/c1-14-9-12-20(13-10-14)15(2)18(21)19-11-8-16-4-6-17(22-3)7-5-16/h4-7,14-15H,8-13H2,1-3H3,(H,19,21)/p+1/t15-/m1/s1. The van der Waals surface area contributed by atoms with E-state index in [1.54, 1.807) is 7.11 Å². The summed E-state index contributed by atoms with van der Waals surface area (Å²) in [7, 11) is 1.67. The third-order valence-corrected chi connectivity index (χ3v) is 4.79. The molecule has 0 saturated carbocycles. The molecule has 4 heteroatoms. The van der Waals surface area contributed by atoms with E-state index in [0.717, 1.165) is 31.2 Å². The van der Waals surface area contributed by atoms with Gasteiger partial charge in [-0.2, -0.15) is 0 Å². The van der Waals surface area contributed by atoms with E-state index in [2.05, 4.69) is 12.2 Å². The Kier molecular flexibility index (Phi) is 6.25. The van der Waals surface area contributed by atoms with Gasteiger partial charge in [0.25, 0.3) is 5.91 Å². The lowest BCUT2D eigenvalue weighted by atomic mass is 9.98. The fourth-order valence-electron chi connectivity index (χ4n) is 3.03. The molecular formula is C18H29N2O2+. The van der Waals surface area contributed by atoms with Gasteiger partial charge in [-0.1, -0.05) is 19.1 Å². The second-order valence-corrected chi connectivity index (χ2v) is 6.45. The zero-order valence-electron chi connectivity index (χ0n) is 14.0. The van der Waals surface area contributed by atoms with Crippen molar-refractivity contribution >= 4 is 5.91 Å². The van der Waals surface area contributed by atoms with Crippen LogP contribution in [-0.4, -0.2) is 38.7 Å². The van der Waals surface area contributed by atoms with Gasteiger partial charge in [-0.05, 0) is 49.8 Å². The first kappa shape index (κ1) is 16.8. The SMILES string of the molecule is COc1ccc(CCNC(=O)[C@@H](C)[NH+]2CCC(C)CC2)cc1. The predicted octanol–water partition coefficient (Wildman–Crippen LogP) is 1.06. The Bertz CT molecular complexity index is 464. The van der Waals surface area contributed by atoms with E-state index < -0.39 is 0 Å². The molecule has 2 rings (SSSR count). The van der Waals surface area contributed by atoms with Gasteiger partial charge in [0.1, 0.15) is 5.75 Å². The Morgan fingerprint density at radius 2 is 1.95 bits per heavy atom. The molecule has 1 atom stereocenters. The first-order valence-electron chi connectivity index (χ1n) is 8.35. The van der Waals surface area contributed by atoms with Crippen molar-refractivity contribution in [1.29, 1.82) is 0 Å². The second kappa shape index (κ2) is 8.18. The van der Waals surface area contributed by atoms with Crippen molar-refractivity contribution in [1.82, 2.24) is 5.32 Å². The molecule has 0 aromatic heterocycles. The summed E-state index contributed by atoms with van der Waals surface area (Å²) in [6.07, 6.45) is 3.33. The van der Waals surface area contributed by atoms with Crippen LogP contribution in [0, 0.1) is 5.92 Å². The number of piperidine rings is 1. The van der Waals surface area contributed by atoms with E-state index in [1.165, 1.54) is 23.3 Å². The first-order chi connectivity index (χ1) is 10.6. The molecule has 2 N–H and O–H groups in total. The van der Waals surface area contributed by atoms with Crippen molar-refractivity contribution in [2.75, 3.05) is 26.7 Å². The number of likely N-dealkylation sites (tertiary alicyclic amines) is 1. The predicted molar refractivity (Wildman–Crippen MR) is 88.3 cm³/mol. The molecule has 4 nitrogen and oxygen atoms in total. The van der Waals surface area contributed by atoms with Crippen LogP contribution in [-0.2, 0) is 11.2 Å². The number of hydrogen-bond acceptors (Lipinski definition) is 2. The molecule has 1 saturated heterocycles. The molecule has 1 aliphatic rings. The largest absolute Gasteiger partial charge is 0.497 e. The van der Waals surface area contributed by atoms with Crippen LogP contribution in [0.15, 0.2) is 24.3 Å². The van der Waals surface area contributed by atoms with E-state index >= 15 is 0 Å². The molecule has 0 aliphatic carbocycles. The molecule has 1 amide bonds. The molecule has 122 valence electrons. The Morgan fingerprint density at radius 3 is 2.55 bits per heavy atom. The number of benzene rings is 1. The van der Waals surface area contributed by atoms with Crippen molar-refractivity contribution in [3.05, 3.63) is 29.8 Å². The van der Waals surface area contributed by atoms with E-state index in [1.807, 2.05) is 31.2 Å². The lowest BCUT2D eigenvalue weighted by molar-refractivity contribution is -0.920. The van der Waals surface area contributed by atoms with Crippen LogP contribution < -0.4 is 15.0 Å². The number of nitrogens with one attached hydrogen (secondary N) is 2. The quantitative estimate of drug-likeness (QED) is 0.825. The van der Waals surface area contributed by atoms with E-state index in [-0.39, 0.29) is 11.9 Å². The molecule has 0 unspecified atom stereocenters. The first-order valence-corrected chi connectivity index (χ1v) is 8.35. The number of methoxy groups -OCH3 is 1. The number of carbonyl (C=O) groups excluding carboxylic acids is 1. The van der Waals surface area contributed by atoms with Crippen LogP contribution in [0.4, 0.5) is 0 Å². The van der Waals surface area contributed by atoms with Crippen molar-refractivity contribution < 1.29 is 14.4 Å². The third kappa shape index (κ3) is 4.73. The van der Waals surface area contributed by atoms with E-state index in [0.29, 0.717) is 6.54 Å². The number of ether oxygens (including phenoxy) is 1. The Labute approximate surface area is 133 Å². The highest BCUT2D eigenvalue weighted by Crippen LogP contribution is 2.11. The molecule has 1 aliphatic heterocycles. The van der Waals surface area contributed by atoms with Gasteiger partial charge in [0.05, 0.1) is 20.2 Å². The van der Waals surface area contributed by atoms with Crippen LogP contribution >= 0.6 is 0 Å². The zero-order chi connectivity index (χ0) is 15.9. The summed E-state index contributed by atoms with van der Waals surface area (Å²) in [6, 6.07) is 8.07. The molecular weight excluding hydrogens is 276 g/mol. The highest BCUT2D eigenvalue weighted by Gasteiger charge is 2.28. The normalized spacial score (nSPS) is 22.9. The van der Waals surface area contributed by atoms with Crippen LogP contribution in [0.5, 0.6) is 5.75 Å². The molecule has 1 aromatic carbocycles. The number of carbonyl (C=O) groups is 1. The minimum absolute atomic E-state index is 0.0587. The fraction of sp³-hybridized carbons (Fsp3) is 0.611. The maximum atomic E-state index is 12.3. The highest BCUT2D eigenvalue weighted by atomic mass is 16.5. The van der Waals surface area contributed by atoms with E-state index in [9.17, 15) is 4.79 Å². The molecule has 0 radical (unpaired) electrons. The van der Waals surface area contributed by atoms with Gasteiger partial charge < -0.3 is 15.0 Å². The molecule has 0 spiro atoms. The zero-order valence-corrected chi connectivity index (χ0v) is 14.0. The monoisotopic (exact) mass is 305 g/mol. The molecule has 1 aromatic rings. The van der Waals surface area contributed by atoms with Crippen LogP contribution in [0.2, 0.25) is 0 Å². The number of amides is 1. The maximum absolute atomic E-state index is 12.3. The van der Waals surface area contributed by atoms with Crippen molar-refractivity contribution in [3.8, 4) is 5.75 Å². The highest BCUT2D eigenvalue weighted by molar-refractivity contribution is 5.79. The lowest BCUT2D eigenvalue weighted by Crippen LogP contribution is -3.17. The average molecular weight is 305 g/mol. The minimum Gasteiger partial charge on any atom is -0.497 e. The molecule has 0 bridgehead atoms. The smallest absolute Gasteiger partial charge is 0.278 e. The molecule has 1 fully saturated rings. The summed E-state index contributed by atoms with van der Waals surface area (Å²) in [5.74, 6) is 1.86. The van der Waals surface area contributed by atoms with Gasteiger partial charge in [0.15, 0.2) is 6.04 Å². The van der Waals surface area contributed by atoms with Gasteiger partial charge in [-0.25, -0.2) is 0 Å².